The highest BCUT2D eigenvalue weighted by Gasteiger charge is 2.21. The van der Waals surface area contributed by atoms with E-state index in [-0.39, 0.29) is 30.5 Å². The molecule has 0 N–H and O–H groups in total. The first kappa shape index (κ1) is 17.9. The van der Waals surface area contributed by atoms with Crippen LogP contribution in [0.15, 0.2) is 18.5 Å². The Balaban J connectivity index is 0.00000162. The molecule has 1 aromatic rings. The number of likely N-dealkylation sites (tertiary alicyclic amines) is 1. The zero-order valence-corrected chi connectivity index (χ0v) is 12.2. The number of hydrogen-bond acceptors (Lipinski definition) is 5. The number of nitro groups is 1. The van der Waals surface area contributed by atoms with Crippen LogP contribution in [0.25, 0.3) is 0 Å². The third-order valence-electron chi connectivity index (χ3n) is 3.02. The molecule has 0 unspecified atom stereocenters. The van der Waals surface area contributed by atoms with Crippen molar-refractivity contribution < 1.29 is 9.66 Å². The van der Waals surface area contributed by atoms with Gasteiger partial charge in [0, 0.05) is 6.04 Å². The molecule has 0 aliphatic carbocycles. The predicted molar refractivity (Wildman–Crippen MR) is 76.5 cm³/mol. The van der Waals surface area contributed by atoms with E-state index in [0.717, 1.165) is 13.0 Å². The van der Waals surface area contributed by atoms with Crippen LogP contribution in [0.1, 0.15) is 12.8 Å². The molecule has 0 saturated carbocycles. The summed E-state index contributed by atoms with van der Waals surface area (Å²) in [7, 11) is 2.06. The summed E-state index contributed by atoms with van der Waals surface area (Å²) in [5.41, 5.74) is -0.0396. The molecule has 1 saturated heterocycles. The highest BCUT2D eigenvalue weighted by atomic mass is 35.5. The maximum absolute atomic E-state index is 10.6. The van der Waals surface area contributed by atoms with Crippen molar-refractivity contribution in [3.05, 3.63) is 28.6 Å². The molecule has 0 amide bonds. The Morgan fingerprint density at radius 3 is 2.84 bits per heavy atom. The lowest BCUT2D eigenvalue weighted by molar-refractivity contribution is -0.385. The fourth-order valence-corrected chi connectivity index (χ4v) is 1.97. The van der Waals surface area contributed by atoms with Gasteiger partial charge in [0.15, 0.2) is 0 Å². The molecule has 0 radical (unpaired) electrons. The molecule has 2 heterocycles. The molecule has 1 aliphatic rings. The minimum Gasteiger partial charge on any atom is -0.490 e. The molecule has 0 aromatic carbocycles. The Kier molecular flexibility index (Phi) is 7.66. The summed E-state index contributed by atoms with van der Waals surface area (Å²) in [4.78, 5) is 16.1. The van der Waals surface area contributed by atoms with Crippen molar-refractivity contribution in [3.63, 3.8) is 0 Å². The summed E-state index contributed by atoms with van der Waals surface area (Å²) in [6.07, 6.45) is 5.01. The van der Waals surface area contributed by atoms with Gasteiger partial charge in [0.25, 0.3) is 5.69 Å². The zero-order valence-electron chi connectivity index (χ0n) is 10.5. The van der Waals surface area contributed by atoms with Gasteiger partial charge in [-0.25, -0.2) is 0 Å². The smallest absolute Gasteiger partial charge is 0.291 e. The lowest BCUT2D eigenvalue weighted by atomic mass is 10.2. The van der Waals surface area contributed by atoms with Crippen LogP contribution in [0.3, 0.4) is 0 Å². The molecule has 1 fully saturated rings. The van der Waals surface area contributed by atoms with Crippen LogP contribution >= 0.6 is 24.8 Å². The van der Waals surface area contributed by atoms with Crippen molar-refractivity contribution >= 4 is 30.5 Å². The summed E-state index contributed by atoms with van der Waals surface area (Å²) in [5.74, 6) is 0.458. The van der Waals surface area contributed by atoms with Gasteiger partial charge in [-0.1, -0.05) is 0 Å². The second-order valence-electron chi connectivity index (χ2n) is 4.22. The van der Waals surface area contributed by atoms with E-state index in [1.54, 1.807) is 0 Å². The third kappa shape index (κ3) is 4.81. The molecular formula is C11H17Cl2N3O3. The van der Waals surface area contributed by atoms with Crippen LogP contribution in [0, 0.1) is 10.1 Å². The van der Waals surface area contributed by atoms with Crippen molar-refractivity contribution in [2.45, 2.75) is 18.9 Å². The molecule has 0 spiro atoms. The van der Waals surface area contributed by atoms with Gasteiger partial charge in [0.1, 0.15) is 18.6 Å². The summed E-state index contributed by atoms with van der Waals surface area (Å²) >= 11 is 0. The fraction of sp³-hybridized carbons (Fsp3) is 0.545. The number of likely N-dealkylation sites (N-methyl/N-ethyl adjacent to an activating group) is 1. The van der Waals surface area contributed by atoms with Gasteiger partial charge in [-0.3, -0.25) is 15.1 Å². The summed E-state index contributed by atoms with van der Waals surface area (Å²) in [5, 5.41) is 10.6. The van der Waals surface area contributed by atoms with Crippen LogP contribution < -0.4 is 4.74 Å². The first-order valence-corrected chi connectivity index (χ1v) is 5.59. The Morgan fingerprint density at radius 1 is 1.53 bits per heavy atom. The van der Waals surface area contributed by atoms with E-state index in [1.165, 1.54) is 24.9 Å². The van der Waals surface area contributed by atoms with Gasteiger partial charge in [-0.05, 0) is 26.4 Å². The average molecular weight is 310 g/mol. The zero-order chi connectivity index (χ0) is 12.3. The Labute approximate surface area is 124 Å². The van der Waals surface area contributed by atoms with Gasteiger partial charge >= 0.3 is 0 Å². The first-order valence-electron chi connectivity index (χ1n) is 5.59. The number of nitrogens with zero attached hydrogens (tertiary/aromatic N) is 3. The molecule has 1 aromatic heterocycles. The first-order chi connectivity index (χ1) is 8.16. The second kappa shape index (κ2) is 8.14. The summed E-state index contributed by atoms with van der Waals surface area (Å²) < 4.78 is 5.54. The Morgan fingerprint density at radius 2 is 2.26 bits per heavy atom. The third-order valence-corrected chi connectivity index (χ3v) is 3.02. The highest BCUT2D eigenvalue weighted by Crippen LogP contribution is 2.20. The van der Waals surface area contributed by atoms with Crippen molar-refractivity contribution in [2.75, 3.05) is 20.2 Å². The molecule has 8 heteroatoms. The van der Waals surface area contributed by atoms with E-state index >= 15 is 0 Å². The van der Waals surface area contributed by atoms with E-state index in [2.05, 4.69) is 16.9 Å². The second-order valence-corrected chi connectivity index (χ2v) is 4.22. The van der Waals surface area contributed by atoms with Gasteiger partial charge in [0.2, 0.25) is 0 Å². The molecule has 1 aliphatic heterocycles. The van der Waals surface area contributed by atoms with Gasteiger partial charge in [0.05, 0.1) is 17.2 Å². The van der Waals surface area contributed by atoms with Gasteiger partial charge in [-0.2, -0.15) is 0 Å². The van der Waals surface area contributed by atoms with Crippen LogP contribution in [0.2, 0.25) is 0 Å². The van der Waals surface area contributed by atoms with Crippen LogP contribution in [0.5, 0.6) is 5.75 Å². The van der Waals surface area contributed by atoms with Crippen molar-refractivity contribution in [1.29, 1.82) is 0 Å². The number of ether oxygens (including phenoxy) is 1. The molecule has 0 bridgehead atoms. The average Bonchev–Trinajstić information content (AvgIpc) is 2.72. The standard InChI is InChI=1S/C11H15N3O3.2ClH/c1-13-4-2-3-9(13)8-17-11-5-10(14(15)16)6-12-7-11;;/h5-7,9H,2-4,8H2,1H3;2*1H/t9-;;/m0../s1. The maximum atomic E-state index is 10.6. The van der Waals surface area contributed by atoms with Gasteiger partial charge < -0.3 is 9.64 Å². The molecule has 2 rings (SSSR count). The van der Waals surface area contributed by atoms with E-state index in [1.807, 2.05) is 0 Å². The van der Waals surface area contributed by atoms with Crippen molar-refractivity contribution in [2.24, 2.45) is 0 Å². The Bertz CT molecular complexity index is 420. The molecule has 108 valence electrons. The normalized spacial score (nSPS) is 18.3. The monoisotopic (exact) mass is 309 g/mol. The maximum Gasteiger partial charge on any atom is 0.291 e. The van der Waals surface area contributed by atoms with E-state index < -0.39 is 4.92 Å². The largest absolute Gasteiger partial charge is 0.490 e. The number of aromatic nitrogens is 1. The van der Waals surface area contributed by atoms with Crippen molar-refractivity contribution in [3.8, 4) is 5.75 Å². The van der Waals surface area contributed by atoms with Crippen LogP contribution in [0.4, 0.5) is 5.69 Å². The summed E-state index contributed by atoms with van der Waals surface area (Å²) in [6, 6.07) is 1.80. The number of hydrogen-bond donors (Lipinski definition) is 0. The predicted octanol–water partition coefficient (Wildman–Crippen LogP) is 2.31. The molecule has 19 heavy (non-hydrogen) atoms. The molecule has 6 nitrogen and oxygen atoms in total. The van der Waals surface area contributed by atoms with Gasteiger partial charge in [-0.15, -0.1) is 24.8 Å². The lowest BCUT2D eigenvalue weighted by Crippen LogP contribution is -2.30. The van der Waals surface area contributed by atoms with Crippen molar-refractivity contribution in [1.82, 2.24) is 9.88 Å². The van der Waals surface area contributed by atoms with E-state index in [0.29, 0.717) is 18.4 Å². The SMILES string of the molecule is CN1CCC[C@H]1COc1cncc([N+](=O)[O-])c1.Cl.Cl. The molecular weight excluding hydrogens is 293 g/mol. The van der Waals surface area contributed by atoms with Crippen LogP contribution in [-0.2, 0) is 0 Å². The highest BCUT2D eigenvalue weighted by molar-refractivity contribution is 5.85. The minimum absolute atomic E-state index is 0. The number of rotatable bonds is 4. The number of halogens is 2. The quantitative estimate of drug-likeness (QED) is 0.630. The van der Waals surface area contributed by atoms with Crippen LogP contribution in [-0.4, -0.2) is 41.0 Å². The van der Waals surface area contributed by atoms with E-state index in [4.69, 9.17) is 4.74 Å². The van der Waals surface area contributed by atoms with E-state index in [9.17, 15) is 10.1 Å². The minimum atomic E-state index is -0.471. The number of pyridine rings is 1. The topological polar surface area (TPSA) is 68.5 Å². The fourth-order valence-electron chi connectivity index (χ4n) is 1.97. The molecule has 1 atom stereocenters. The lowest BCUT2D eigenvalue weighted by Gasteiger charge is -2.19. The summed E-state index contributed by atoms with van der Waals surface area (Å²) in [6.45, 7) is 1.64. The Hall–Kier alpha value is -1.11.